The first kappa shape index (κ1) is 15.5. The number of rotatable bonds is 3. The largest absolute Gasteiger partial charge is 0.347 e. The molecule has 0 aliphatic carbocycles. The standard InChI is InChI=1S/C15H13Cl2N3O/c16-12-8-13(20-14(12)17)15(21)19-9-11-4-1-3-10(7-11)5-2-6-18/h1,3-4,7-8,20H,6,9,18H2,(H,19,21). The van der Waals surface area contributed by atoms with Gasteiger partial charge in [-0.15, -0.1) is 0 Å². The van der Waals surface area contributed by atoms with Gasteiger partial charge in [0.05, 0.1) is 11.6 Å². The topological polar surface area (TPSA) is 70.9 Å². The summed E-state index contributed by atoms with van der Waals surface area (Å²) < 4.78 is 0. The highest BCUT2D eigenvalue weighted by Gasteiger charge is 2.11. The van der Waals surface area contributed by atoms with Crippen LogP contribution < -0.4 is 11.1 Å². The smallest absolute Gasteiger partial charge is 0.268 e. The monoisotopic (exact) mass is 321 g/mol. The molecule has 0 spiro atoms. The molecular weight excluding hydrogens is 309 g/mol. The van der Waals surface area contributed by atoms with E-state index in [9.17, 15) is 4.79 Å². The van der Waals surface area contributed by atoms with Crippen molar-refractivity contribution >= 4 is 29.1 Å². The van der Waals surface area contributed by atoms with E-state index in [1.54, 1.807) is 0 Å². The Bertz CT molecular complexity index is 694. The van der Waals surface area contributed by atoms with Gasteiger partial charge in [0.25, 0.3) is 5.91 Å². The molecule has 1 aromatic carbocycles. The van der Waals surface area contributed by atoms with Gasteiger partial charge in [-0.05, 0) is 23.8 Å². The Balaban J connectivity index is 2.01. The zero-order valence-corrected chi connectivity index (χ0v) is 12.6. The summed E-state index contributed by atoms with van der Waals surface area (Å²) in [4.78, 5) is 14.6. The van der Waals surface area contributed by atoms with Gasteiger partial charge in [0.2, 0.25) is 0 Å². The molecule has 0 saturated carbocycles. The maximum Gasteiger partial charge on any atom is 0.268 e. The van der Waals surface area contributed by atoms with Crippen LogP contribution in [0.4, 0.5) is 0 Å². The summed E-state index contributed by atoms with van der Waals surface area (Å²) in [6, 6.07) is 9.06. The number of amides is 1. The van der Waals surface area contributed by atoms with Crippen LogP contribution in [0.1, 0.15) is 21.6 Å². The normalized spacial score (nSPS) is 9.86. The predicted octanol–water partition coefficient (Wildman–Crippen LogP) is 2.56. The predicted molar refractivity (Wildman–Crippen MR) is 84.4 cm³/mol. The highest BCUT2D eigenvalue weighted by Crippen LogP contribution is 2.21. The summed E-state index contributed by atoms with van der Waals surface area (Å²) in [5.74, 6) is 5.46. The molecule has 1 heterocycles. The SMILES string of the molecule is NCC#Cc1cccc(CNC(=O)c2cc(Cl)c(Cl)[nH]2)c1. The lowest BCUT2D eigenvalue weighted by Gasteiger charge is -2.04. The van der Waals surface area contributed by atoms with E-state index < -0.39 is 0 Å². The molecule has 4 nitrogen and oxygen atoms in total. The highest BCUT2D eigenvalue weighted by atomic mass is 35.5. The third-order valence-corrected chi connectivity index (χ3v) is 3.38. The number of halogens is 2. The number of carbonyl (C=O) groups excluding carboxylic acids is 1. The molecule has 21 heavy (non-hydrogen) atoms. The van der Waals surface area contributed by atoms with Gasteiger partial charge in [-0.25, -0.2) is 0 Å². The van der Waals surface area contributed by atoms with Crippen molar-refractivity contribution in [3.05, 3.63) is 57.3 Å². The minimum absolute atomic E-state index is 0.251. The molecular formula is C15H13Cl2N3O. The van der Waals surface area contributed by atoms with Crippen molar-refractivity contribution in [1.82, 2.24) is 10.3 Å². The van der Waals surface area contributed by atoms with Gasteiger partial charge in [-0.2, -0.15) is 0 Å². The molecule has 0 bridgehead atoms. The molecule has 4 N–H and O–H groups in total. The van der Waals surface area contributed by atoms with E-state index in [-0.39, 0.29) is 11.1 Å². The van der Waals surface area contributed by atoms with E-state index in [0.29, 0.717) is 23.8 Å². The second-order valence-corrected chi connectivity index (χ2v) is 5.02. The first-order valence-electron chi connectivity index (χ1n) is 6.20. The van der Waals surface area contributed by atoms with Crippen LogP contribution in [0, 0.1) is 11.8 Å². The van der Waals surface area contributed by atoms with Crippen LogP contribution in [0.3, 0.4) is 0 Å². The van der Waals surface area contributed by atoms with Gasteiger partial charge in [0.1, 0.15) is 10.8 Å². The van der Waals surface area contributed by atoms with Crippen LogP contribution in [0.15, 0.2) is 30.3 Å². The molecule has 0 unspecified atom stereocenters. The number of hydrogen-bond donors (Lipinski definition) is 3. The van der Waals surface area contributed by atoms with Crippen molar-refractivity contribution in [2.45, 2.75) is 6.54 Å². The van der Waals surface area contributed by atoms with Crippen LogP contribution >= 0.6 is 23.2 Å². The third-order valence-electron chi connectivity index (χ3n) is 2.68. The van der Waals surface area contributed by atoms with Gasteiger partial charge in [-0.1, -0.05) is 47.2 Å². The number of hydrogen-bond acceptors (Lipinski definition) is 2. The van der Waals surface area contributed by atoms with E-state index in [1.165, 1.54) is 6.07 Å². The van der Waals surface area contributed by atoms with Crippen LogP contribution in [-0.4, -0.2) is 17.4 Å². The van der Waals surface area contributed by atoms with Gasteiger partial charge in [0.15, 0.2) is 0 Å². The molecule has 0 fully saturated rings. The molecule has 108 valence electrons. The Labute approximate surface area is 132 Å². The van der Waals surface area contributed by atoms with Crippen LogP contribution in [0.25, 0.3) is 0 Å². The Morgan fingerprint density at radius 1 is 1.33 bits per heavy atom. The second kappa shape index (κ2) is 7.19. The second-order valence-electron chi connectivity index (χ2n) is 4.23. The van der Waals surface area contributed by atoms with E-state index in [2.05, 4.69) is 22.1 Å². The summed E-state index contributed by atoms with van der Waals surface area (Å²) in [6.07, 6.45) is 0. The number of benzene rings is 1. The Kier molecular flexibility index (Phi) is 5.29. The lowest BCUT2D eigenvalue weighted by Crippen LogP contribution is -2.23. The quantitative estimate of drug-likeness (QED) is 0.760. The summed E-state index contributed by atoms with van der Waals surface area (Å²) in [7, 11) is 0. The Morgan fingerprint density at radius 2 is 2.14 bits per heavy atom. The number of H-pyrrole nitrogens is 1. The molecule has 1 amide bonds. The molecule has 0 aliphatic heterocycles. The average Bonchev–Trinajstić information content (AvgIpc) is 2.83. The molecule has 2 aromatic rings. The minimum Gasteiger partial charge on any atom is -0.347 e. The summed E-state index contributed by atoms with van der Waals surface area (Å²) in [6.45, 7) is 0.695. The van der Waals surface area contributed by atoms with Crippen LogP contribution in [0.2, 0.25) is 10.2 Å². The number of nitrogens with one attached hydrogen (secondary N) is 2. The fraction of sp³-hybridized carbons (Fsp3) is 0.133. The number of aromatic nitrogens is 1. The van der Waals surface area contributed by atoms with Crippen LogP contribution in [0.5, 0.6) is 0 Å². The molecule has 0 atom stereocenters. The zero-order chi connectivity index (χ0) is 15.2. The lowest BCUT2D eigenvalue weighted by atomic mass is 10.1. The minimum atomic E-state index is -0.276. The molecule has 0 aliphatic rings. The van der Waals surface area contributed by atoms with Crippen molar-refractivity contribution in [3.8, 4) is 11.8 Å². The van der Waals surface area contributed by atoms with E-state index in [0.717, 1.165) is 11.1 Å². The zero-order valence-electron chi connectivity index (χ0n) is 11.0. The Morgan fingerprint density at radius 3 is 2.81 bits per heavy atom. The fourth-order valence-corrected chi connectivity index (χ4v) is 2.03. The van der Waals surface area contributed by atoms with Crippen molar-refractivity contribution in [3.63, 3.8) is 0 Å². The van der Waals surface area contributed by atoms with Crippen molar-refractivity contribution < 1.29 is 4.79 Å². The summed E-state index contributed by atoms with van der Waals surface area (Å²) in [5, 5.41) is 3.35. The third kappa shape index (κ3) is 4.27. The number of nitrogens with two attached hydrogens (primary N) is 1. The number of carbonyl (C=O) groups is 1. The maximum atomic E-state index is 11.9. The molecule has 0 saturated heterocycles. The molecule has 1 aromatic heterocycles. The molecule has 6 heteroatoms. The summed E-state index contributed by atoms with van der Waals surface area (Å²) >= 11 is 11.6. The van der Waals surface area contributed by atoms with Crippen LogP contribution in [-0.2, 0) is 6.54 Å². The highest BCUT2D eigenvalue weighted by molar-refractivity contribution is 6.41. The van der Waals surface area contributed by atoms with Gasteiger partial charge in [0, 0.05) is 12.1 Å². The first-order chi connectivity index (χ1) is 10.1. The molecule has 0 radical (unpaired) electrons. The van der Waals surface area contributed by atoms with Gasteiger partial charge >= 0.3 is 0 Å². The average molecular weight is 322 g/mol. The van der Waals surface area contributed by atoms with Gasteiger partial charge < -0.3 is 16.0 Å². The first-order valence-corrected chi connectivity index (χ1v) is 6.96. The van der Waals surface area contributed by atoms with Gasteiger partial charge in [-0.3, -0.25) is 4.79 Å². The van der Waals surface area contributed by atoms with E-state index in [1.807, 2.05) is 24.3 Å². The van der Waals surface area contributed by atoms with Crippen molar-refractivity contribution in [1.29, 1.82) is 0 Å². The summed E-state index contributed by atoms with van der Waals surface area (Å²) in [5.41, 5.74) is 7.46. The maximum absolute atomic E-state index is 11.9. The van der Waals surface area contributed by atoms with E-state index >= 15 is 0 Å². The number of aromatic amines is 1. The lowest BCUT2D eigenvalue weighted by molar-refractivity contribution is 0.0946. The van der Waals surface area contributed by atoms with Crippen molar-refractivity contribution in [2.75, 3.05) is 6.54 Å². The molecule has 2 rings (SSSR count). The Hall–Kier alpha value is -1.93. The van der Waals surface area contributed by atoms with Crippen molar-refractivity contribution in [2.24, 2.45) is 5.73 Å². The fourth-order valence-electron chi connectivity index (χ4n) is 1.72. The van der Waals surface area contributed by atoms with E-state index in [4.69, 9.17) is 28.9 Å².